The van der Waals surface area contributed by atoms with E-state index in [1.54, 1.807) is 0 Å². The molecule has 1 heterocycles. The van der Waals surface area contributed by atoms with Crippen LogP contribution >= 0.6 is 11.6 Å². The number of anilines is 1. The quantitative estimate of drug-likeness (QED) is 0.901. The molecule has 1 unspecified atom stereocenters. The van der Waals surface area contributed by atoms with Crippen molar-refractivity contribution in [1.82, 2.24) is 5.32 Å². The van der Waals surface area contributed by atoms with E-state index in [1.165, 1.54) is 11.3 Å². The van der Waals surface area contributed by atoms with Gasteiger partial charge in [0.05, 0.1) is 6.04 Å². The second-order valence-electron chi connectivity index (χ2n) is 5.10. The summed E-state index contributed by atoms with van der Waals surface area (Å²) in [5.41, 5.74) is 2.49. The number of para-hydroxylation sites is 1. The van der Waals surface area contributed by atoms with Crippen molar-refractivity contribution < 1.29 is 0 Å². The minimum absolute atomic E-state index is 0.334. The fourth-order valence-electron chi connectivity index (χ4n) is 2.87. The normalized spacial score (nSPS) is 19.6. The molecular formula is C17H19ClN2. The molecule has 0 bridgehead atoms. The minimum Gasteiger partial charge on any atom is -0.363 e. The number of hydrogen-bond acceptors (Lipinski definition) is 2. The minimum atomic E-state index is 0.334. The summed E-state index contributed by atoms with van der Waals surface area (Å²) >= 11 is 6.42. The zero-order valence-corrected chi connectivity index (χ0v) is 12.2. The molecule has 1 saturated heterocycles. The van der Waals surface area contributed by atoms with Gasteiger partial charge in [0.25, 0.3) is 0 Å². The Balaban J connectivity index is 1.98. The molecule has 1 fully saturated rings. The molecule has 1 aliphatic heterocycles. The Hall–Kier alpha value is -1.51. The third-order valence-corrected chi connectivity index (χ3v) is 4.20. The summed E-state index contributed by atoms with van der Waals surface area (Å²) in [4.78, 5) is 2.46. The van der Waals surface area contributed by atoms with Crippen LogP contribution in [0.5, 0.6) is 0 Å². The first-order valence-corrected chi connectivity index (χ1v) is 7.51. The van der Waals surface area contributed by atoms with E-state index in [9.17, 15) is 0 Å². The molecule has 0 radical (unpaired) electrons. The lowest BCUT2D eigenvalue weighted by Gasteiger charge is -2.32. The molecule has 0 amide bonds. The Morgan fingerprint density at radius 2 is 1.70 bits per heavy atom. The second kappa shape index (κ2) is 6.29. The largest absolute Gasteiger partial charge is 0.363 e. The lowest BCUT2D eigenvalue weighted by molar-refractivity contribution is 0.617. The summed E-state index contributed by atoms with van der Waals surface area (Å²) < 4.78 is 0. The Morgan fingerprint density at radius 3 is 2.50 bits per heavy atom. The Morgan fingerprint density at radius 1 is 0.950 bits per heavy atom. The number of hydrogen-bond donors (Lipinski definition) is 1. The van der Waals surface area contributed by atoms with Gasteiger partial charge in [-0.3, -0.25) is 0 Å². The maximum absolute atomic E-state index is 6.42. The Labute approximate surface area is 125 Å². The third-order valence-electron chi connectivity index (χ3n) is 3.85. The van der Waals surface area contributed by atoms with Crippen LogP contribution in [0.25, 0.3) is 0 Å². The molecule has 0 spiro atoms. The SMILES string of the molecule is Clc1ccccc1C1CCNCCN1c1ccccc1. The first-order valence-electron chi connectivity index (χ1n) is 7.13. The molecule has 0 aliphatic carbocycles. The lowest BCUT2D eigenvalue weighted by Crippen LogP contribution is -2.30. The maximum Gasteiger partial charge on any atom is 0.0569 e. The fraction of sp³-hybridized carbons (Fsp3) is 0.294. The van der Waals surface area contributed by atoms with Gasteiger partial charge in [-0.2, -0.15) is 0 Å². The van der Waals surface area contributed by atoms with Crippen molar-refractivity contribution in [2.75, 3.05) is 24.5 Å². The molecule has 0 saturated carbocycles. The lowest BCUT2D eigenvalue weighted by atomic mass is 10.0. The predicted molar refractivity (Wildman–Crippen MR) is 85.5 cm³/mol. The number of halogens is 1. The smallest absolute Gasteiger partial charge is 0.0569 e. The molecule has 1 atom stereocenters. The molecule has 2 nitrogen and oxygen atoms in total. The van der Waals surface area contributed by atoms with Gasteiger partial charge in [0.15, 0.2) is 0 Å². The number of nitrogens with one attached hydrogen (secondary N) is 1. The zero-order valence-electron chi connectivity index (χ0n) is 11.4. The van der Waals surface area contributed by atoms with Gasteiger partial charge in [-0.15, -0.1) is 0 Å². The van der Waals surface area contributed by atoms with Gasteiger partial charge in [0, 0.05) is 23.8 Å². The second-order valence-corrected chi connectivity index (χ2v) is 5.51. The summed E-state index contributed by atoms with van der Waals surface area (Å²) in [5.74, 6) is 0. The van der Waals surface area contributed by atoms with Gasteiger partial charge in [-0.05, 0) is 36.7 Å². The van der Waals surface area contributed by atoms with Crippen molar-refractivity contribution in [3.63, 3.8) is 0 Å². The zero-order chi connectivity index (χ0) is 13.8. The highest BCUT2D eigenvalue weighted by Crippen LogP contribution is 2.33. The summed E-state index contributed by atoms with van der Waals surface area (Å²) in [7, 11) is 0. The van der Waals surface area contributed by atoms with Gasteiger partial charge < -0.3 is 10.2 Å². The number of rotatable bonds is 2. The monoisotopic (exact) mass is 286 g/mol. The van der Waals surface area contributed by atoms with Crippen LogP contribution in [0.3, 0.4) is 0 Å². The molecule has 104 valence electrons. The predicted octanol–water partition coefficient (Wildman–Crippen LogP) is 3.88. The van der Waals surface area contributed by atoms with Crippen molar-refractivity contribution in [3.8, 4) is 0 Å². The summed E-state index contributed by atoms with van der Waals surface area (Å²) in [6.07, 6.45) is 1.07. The highest BCUT2D eigenvalue weighted by molar-refractivity contribution is 6.31. The van der Waals surface area contributed by atoms with Crippen LogP contribution in [0, 0.1) is 0 Å². The van der Waals surface area contributed by atoms with Crippen molar-refractivity contribution >= 4 is 17.3 Å². The third kappa shape index (κ3) is 2.82. The molecular weight excluding hydrogens is 268 g/mol. The first kappa shape index (κ1) is 13.5. The first-order chi connectivity index (χ1) is 9.86. The average molecular weight is 287 g/mol. The van der Waals surface area contributed by atoms with Crippen LogP contribution in [0.1, 0.15) is 18.0 Å². The van der Waals surface area contributed by atoms with Gasteiger partial charge in [0.1, 0.15) is 0 Å². The topological polar surface area (TPSA) is 15.3 Å². The van der Waals surface area contributed by atoms with E-state index < -0.39 is 0 Å². The van der Waals surface area contributed by atoms with Gasteiger partial charge in [-0.1, -0.05) is 48.0 Å². The Kier molecular flexibility index (Phi) is 4.24. The highest BCUT2D eigenvalue weighted by atomic mass is 35.5. The van der Waals surface area contributed by atoms with E-state index in [2.05, 4.69) is 52.7 Å². The molecule has 20 heavy (non-hydrogen) atoms. The van der Waals surface area contributed by atoms with Gasteiger partial charge in [-0.25, -0.2) is 0 Å². The van der Waals surface area contributed by atoms with E-state index in [-0.39, 0.29) is 0 Å². The van der Waals surface area contributed by atoms with Crippen LogP contribution < -0.4 is 10.2 Å². The summed E-state index contributed by atoms with van der Waals surface area (Å²) in [5, 5.41) is 4.34. The summed E-state index contributed by atoms with van der Waals surface area (Å²) in [6.45, 7) is 3.04. The molecule has 2 aromatic rings. The van der Waals surface area contributed by atoms with Crippen LogP contribution in [0.2, 0.25) is 5.02 Å². The van der Waals surface area contributed by atoms with Crippen LogP contribution in [-0.2, 0) is 0 Å². The van der Waals surface area contributed by atoms with Gasteiger partial charge in [0.2, 0.25) is 0 Å². The molecule has 1 N–H and O–H groups in total. The standard InChI is InChI=1S/C17H19ClN2/c18-16-9-5-4-8-15(16)17-10-11-19-12-13-20(17)14-6-2-1-3-7-14/h1-9,17,19H,10-13H2. The van der Waals surface area contributed by atoms with Crippen molar-refractivity contribution in [3.05, 3.63) is 65.2 Å². The fourth-order valence-corrected chi connectivity index (χ4v) is 3.13. The van der Waals surface area contributed by atoms with Crippen molar-refractivity contribution in [1.29, 1.82) is 0 Å². The van der Waals surface area contributed by atoms with E-state index in [0.29, 0.717) is 6.04 Å². The number of benzene rings is 2. The molecule has 3 rings (SSSR count). The van der Waals surface area contributed by atoms with E-state index >= 15 is 0 Å². The highest BCUT2D eigenvalue weighted by Gasteiger charge is 2.24. The summed E-state index contributed by atoms with van der Waals surface area (Å²) in [6, 6.07) is 19.1. The van der Waals surface area contributed by atoms with Gasteiger partial charge >= 0.3 is 0 Å². The van der Waals surface area contributed by atoms with Crippen molar-refractivity contribution in [2.24, 2.45) is 0 Å². The Bertz CT molecular complexity index is 556. The maximum atomic E-state index is 6.42. The number of nitrogens with zero attached hydrogens (tertiary/aromatic N) is 1. The average Bonchev–Trinajstić information content (AvgIpc) is 2.74. The van der Waals surface area contributed by atoms with Crippen LogP contribution in [0.4, 0.5) is 5.69 Å². The van der Waals surface area contributed by atoms with Crippen LogP contribution in [-0.4, -0.2) is 19.6 Å². The molecule has 2 aromatic carbocycles. The van der Waals surface area contributed by atoms with Crippen molar-refractivity contribution in [2.45, 2.75) is 12.5 Å². The molecule has 0 aromatic heterocycles. The molecule has 1 aliphatic rings. The van der Waals surface area contributed by atoms with E-state index in [4.69, 9.17) is 11.6 Å². The van der Waals surface area contributed by atoms with E-state index in [1.807, 2.05) is 12.1 Å². The molecule has 3 heteroatoms. The van der Waals surface area contributed by atoms with E-state index in [0.717, 1.165) is 31.1 Å². The van der Waals surface area contributed by atoms with Crippen LogP contribution in [0.15, 0.2) is 54.6 Å².